The molecule has 0 aliphatic heterocycles. The molecule has 0 radical (unpaired) electrons. The maximum atomic E-state index is 12.7. The number of rotatable bonds is 3. The van der Waals surface area contributed by atoms with Crippen molar-refractivity contribution in [1.29, 1.82) is 0 Å². The molecule has 0 aliphatic carbocycles. The van der Waals surface area contributed by atoms with E-state index in [0.717, 1.165) is 0 Å². The van der Waals surface area contributed by atoms with Crippen molar-refractivity contribution in [1.82, 2.24) is 9.97 Å². The first-order valence-corrected chi connectivity index (χ1v) is 6.27. The molecule has 6 heteroatoms. The highest BCUT2D eigenvalue weighted by molar-refractivity contribution is 5.78. The highest BCUT2D eigenvalue weighted by Crippen LogP contribution is 2.29. The lowest BCUT2D eigenvalue weighted by Gasteiger charge is -2.06. The molecule has 0 bridgehead atoms. The van der Waals surface area contributed by atoms with Crippen LogP contribution < -0.4 is 4.74 Å². The normalized spacial score (nSPS) is 11.8. The van der Waals surface area contributed by atoms with Crippen LogP contribution >= 0.6 is 0 Å². The zero-order valence-corrected chi connectivity index (χ0v) is 10.8. The number of aromatic nitrogens is 2. The van der Waals surface area contributed by atoms with Crippen molar-refractivity contribution in [3.8, 4) is 5.75 Å². The van der Waals surface area contributed by atoms with Crippen LogP contribution in [0.25, 0.3) is 11.0 Å². The van der Waals surface area contributed by atoms with Gasteiger partial charge in [-0.2, -0.15) is 13.2 Å². The molecule has 0 amide bonds. The lowest BCUT2D eigenvalue weighted by molar-refractivity contribution is -0.144. The molecule has 3 aromatic rings. The summed E-state index contributed by atoms with van der Waals surface area (Å²) in [6.07, 6.45) is -4.49. The van der Waals surface area contributed by atoms with Crippen LogP contribution in [0.2, 0.25) is 0 Å². The van der Waals surface area contributed by atoms with E-state index in [0.29, 0.717) is 16.8 Å². The van der Waals surface area contributed by atoms with Crippen LogP contribution in [0.1, 0.15) is 11.4 Å². The summed E-state index contributed by atoms with van der Waals surface area (Å²) in [5.41, 5.74) is 1.22. The van der Waals surface area contributed by atoms with Crippen molar-refractivity contribution < 1.29 is 17.9 Å². The number of hydrogen-bond donors (Lipinski definition) is 1. The predicted molar refractivity (Wildman–Crippen MR) is 71.9 cm³/mol. The second-order valence-corrected chi connectivity index (χ2v) is 4.50. The number of hydrogen-bond acceptors (Lipinski definition) is 2. The fraction of sp³-hybridized carbons (Fsp3) is 0.133. The first-order valence-electron chi connectivity index (χ1n) is 6.27. The van der Waals surface area contributed by atoms with Gasteiger partial charge in [0.05, 0.1) is 11.0 Å². The standard InChI is InChI=1S/C15H11F3N2O/c16-15(17,18)14-19-12-8-4-5-10(13(12)20-14)9-21-11-6-2-1-3-7-11/h1-8H,9H2,(H,19,20). The summed E-state index contributed by atoms with van der Waals surface area (Å²) < 4.78 is 43.6. The van der Waals surface area contributed by atoms with Crippen LogP contribution in [0, 0.1) is 0 Å². The quantitative estimate of drug-likeness (QED) is 0.787. The number of imidazole rings is 1. The third-order valence-corrected chi connectivity index (χ3v) is 3.00. The predicted octanol–water partition coefficient (Wildman–Crippen LogP) is 4.16. The molecule has 3 nitrogen and oxygen atoms in total. The summed E-state index contributed by atoms with van der Waals surface area (Å²) in [6, 6.07) is 14.0. The smallest absolute Gasteiger partial charge is 0.449 e. The molecule has 0 aliphatic rings. The lowest BCUT2D eigenvalue weighted by atomic mass is 10.2. The molecule has 0 saturated heterocycles. The molecule has 108 valence electrons. The van der Waals surface area contributed by atoms with Crippen LogP contribution in [0.15, 0.2) is 48.5 Å². The Bertz CT molecular complexity index is 750. The Morgan fingerprint density at radius 2 is 1.76 bits per heavy atom. The lowest BCUT2D eigenvalue weighted by Crippen LogP contribution is -2.07. The number of H-pyrrole nitrogens is 1. The van der Waals surface area contributed by atoms with Gasteiger partial charge in [0.25, 0.3) is 0 Å². The zero-order chi connectivity index (χ0) is 14.9. The molecule has 0 unspecified atom stereocenters. The average Bonchev–Trinajstić information content (AvgIpc) is 2.91. The van der Waals surface area contributed by atoms with E-state index in [-0.39, 0.29) is 12.1 Å². The van der Waals surface area contributed by atoms with Gasteiger partial charge in [0, 0.05) is 5.56 Å². The molecule has 1 heterocycles. The van der Waals surface area contributed by atoms with Gasteiger partial charge < -0.3 is 9.72 Å². The number of halogens is 3. The van der Waals surface area contributed by atoms with E-state index in [1.165, 1.54) is 0 Å². The molecule has 21 heavy (non-hydrogen) atoms. The van der Waals surface area contributed by atoms with Crippen molar-refractivity contribution in [3.63, 3.8) is 0 Å². The monoisotopic (exact) mass is 292 g/mol. The van der Waals surface area contributed by atoms with E-state index in [2.05, 4.69) is 9.97 Å². The van der Waals surface area contributed by atoms with Crippen LogP contribution in [-0.4, -0.2) is 9.97 Å². The van der Waals surface area contributed by atoms with Gasteiger partial charge in [-0.05, 0) is 18.2 Å². The van der Waals surface area contributed by atoms with Gasteiger partial charge in [-0.15, -0.1) is 0 Å². The molecule has 0 atom stereocenters. The number of aromatic amines is 1. The van der Waals surface area contributed by atoms with E-state index in [1.807, 2.05) is 18.2 Å². The maximum Gasteiger partial charge on any atom is 0.449 e. The van der Waals surface area contributed by atoms with Crippen LogP contribution in [0.3, 0.4) is 0 Å². The number of nitrogens with one attached hydrogen (secondary N) is 1. The first-order chi connectivity index (χ1) is 10.0. The highest BCUT2D eigenvalue weighted by Gasteiger charge is 2.34. The number of ether oxygens (including phenoxy) is 1. The Kier molecular flexibility index (Phi) is 3.29. The number of benzene rings is 2. The minimum Gasteiger partial charge on any atom is -0.489 e. The molecule has 2 aromatic carbocycles. The van der Waals surface area contributed by atoms with Crippen molar-refractivity contribution in [2.45, 2.75) is 12.8 Å². The summed E-state index contributed by atoms with van der Waals surface area (Å²) in [6.45, 7) is 0.156. The summed E-state index contributed by atoms with van der Waals surface area (Å²) in [5.74, 6) is -0.342. The molecule has 0 spiro atoms. The molecule has 1 N–H and O–H groups in total. The first kappa shape index (κ1) is 13.5. The van der Waals surface area contributed by atoms with Gasteiger partial charge in [-0.25, -0.2) is 4.98 Å². The molecular weight excluding hydrogens is 281 g/mol. The van der Waals surface area contributed by atoms with Gasteiger partial charge in [-0.1, -0.05) is 30.3 Å². The average molecular weight is 292 g/mol. The Balaban J connectivity index is 1.90. The van der Waals surface area contributed by atoms with Crippen LogP contribution in [0.5, 0.6) is 5.75 Å². The molecule has 0 fully saturated rings. The van der Waals surface area contributed by atoms with E-state index < -0.39 is 12.0 Å². The zero-order valence-electron chi connectivity index (χ0n) is 10.8. The largest absolute Gasteiger partial charge is 0.489 e. The van der Waals surface area contributed by atoms with E-state index in [1.54, 1.807) is 30.3 Å². The SMILES string of the molecule is FC(F)(F)c1nc2c(COc3ccccc3)cccc2[nH]1. The topological polar surface area (TPSA) is 37.9 Å². The van der Waals surface area contributed by atoms with E-state index in [9.17, 15) is 13.2 Å². The third kappa shape index (κ3) is 2.84. The minimum atomic E-state index is -4.49. The number of para-hydroxylation sites is 2. The Hall–Kier alpha value is -2.50. The van der Waals surface area contributed by atoms with Crippen molar-refractivity contribution in [3.05, 3.63) is 59.9 Å². The molecule has 0 saturated carbocycles. The second kappa shape index (κ2) is 5.12. The van der Waals surface area contributed by atoms with Crippen LogP contribution in [-0.2, 0) is 12.8 Å². The van der Waals surface area contributed by atoms with Gasteiger partial charge >= 0.3 is 6.18 Å². The Morgan fingerprint density at radius 3 is 2.48 bits per heavy atom. The number of alkyl halides is 3. The van der Waals surface area contributed by atoms with Crippen molar-refractivity contribution >= 4 is 11.0 Å². The fourth-order valence-electron chi connectivity index (χ4n) is 2.02. The van der Waals surface area contributed by atoms with Gasteiger partial charge in [0.2, 0.25) is 5.82 Å². The Labute approximate surface area is 118 Å². The summed E-state index contributed by atoms with van der Waals surface area (Å²) >= 11 is 0. The second-order valence-electron chi connectivity index (χ2n) is 4.50. The summed E-state index contributed by atoms with van der Waals surface area (Å²) in [7, 11) is 0. The fourth-order valence-corrected chi connectivity index (χ4v) is 2.02. The number of nitrogens with zero attached hydrogens (tertiary/aromatic N) is 1. The molecular formula is C15H11F3N2O. The number of fused-ring (bicyclic) bond motifs is 1. The minimum absolute atomic E-state index is 0.156. The van der Waals surface area contributed by atoms with E-state index >= 15 is 0 Å². The van der Waals surface area contributed by atoms with Crippen molar-refractivity contribution in [2.75, 3.05) is 0 Å². The van der Waals surface area contributed by atoms with Crippen molar-refractivity contribution in [2.24, 2.45) is 0 Å². The van der Waals surface area contributed by atoms with Crippen LogP contribution in [0.4, 0.5) is 13.2 Å². The van der Waals surface area contributed by atoms with Gasteiger partial charge in [-0.3, -0.25) is 0 Å². The van der Waals surface area contributed by atoms with E-state index in [4.69, 9.17) is 4.74 Å². The summed E-state index contributed by atoms with van der Waals surface area (Å²) in [5, 5.41) is 0. The summed E-state index contributed by atoms with van der Waals surface area (Å²) in [4.78, 5) is 5.92. The van der Waals surface area contributed by atoms with Gasteiger partial charge in [0.15, 0.2) is 0 Å². The third-order valence-electron chi connectivity index (χ3n) is 3.00. The molecule has 1 aromatic heterocycles. The maximum absolute atomic E-state index is 12.7. The highest BCUT2D eigenvalue weighted by atomic mass is 19.4. The Morgan fingerprint density at radius 1 is 1.00 bits per heavy atom. The van der Waals surface area contributed by atoms with Gasteiger partial charge in [0.1, 0.15) is 12.4 Å². The molecule has 3 rings (SSSR count).